The van der Waals surface area contributed by atoms with Gasteiger partial charge in [-0.25, -0.2) is 9.97 Å². The number of hydrogen-bond donors (Lipinski definition) is 1. The largest absolute Gasteiger partial charge is 0.379 e. The molecule has 2 heterocycles. The lowest BCUT2D eigenvalue weighted by Gasteiger charge is -2.34. The van der Waals surface area contributed by atoms with Crippen LogP contribution in [-0.2, 0) is 11.3 Å². The maximum atomic E-state index is 5.44. The van der Waals surface area contributed by atoms with Crippen LogP contribution in [0.15, 0.2) is 36.7 Å². The average Bonchev–Trinajstić information content (AvgIpc) is 2.66. The molecule has 0 bridgehead atoms. The van der Waals surface area contributed by atoms with Gasteiger partial charge in [0.1, 0.15) is 0 Å². The van der Waals surface area contributed by atoms with Crippen LogP contribution in [0, 0.1) is 6.92 Å². The molecule has 134 valence electrons. The molecule has 1 aromatic heterocycles. The summed E-state index contributed by atoms with van der Waals surface area (Å²) in [6.45, 7) is 9.89. The highest BCUT2D eigenvalue weighted by Gasteiger charge is 2.18. The molecule has 0 unspecified atom stereocenters. The fraction of sp³-hybridized carbons (Fsp3) is 0.500. The number of morpholine rings is 1. The summed E-state index contributed by atoms with van der Waals surface area (Å²) in [5.74, 6) is 0.784. The molecular formula is C20H28N4O. The minimum Gasteiger partial charge on any atom is -0.379 e. The van der Waals surface area contributed by atoms with E-state index in [1.54, 1.807) is 0 Å². The quantitative estimate of drug-likeness (QED) is 0.840. The minimum atomic E-state index is 0.566. The van der Waals surface area contributed by atoms with E-state index >= 15 is 0 Å². The van der Waals surface area contributed by atoms with Crippen molar-refractivity contribution < 1.29 is 4.74 Å². The number of rotatable bonds is 7. The fourth-order valence-corrected chi connectivity index (χ4v) is 3.24. The van der Waals surface area contributed by atoms with Gasteiger partial charge in [-0.1, -0.05) is 30.7 Å². The van der Waals surface area contributed by atoms with Crippen molar-refractivity contribution in [3.05, 3.63) is 47.8 Å². The molecule has 3 rings (SSSR count). The topological polar surface area (TPSA) is 50.3 Å². The summed E-state index contributed by atoms with van der Waals surface area (Å²) < 4.78 is 5.44. The lowest BCUT2D eigenvalue weighted by atomic mass is 10.1. The molecule has 25 heavy (non-hydrogen) atoms. The van der Waals surface area contributed by atoms with E-state index in [0.717, 1.165) is 62.8 Å². The molecule has 0 radical (unpaired) electrons. The van der Waals surface area contributed by atoms with Gasteiger partial charge in [0.25, 0.3) is 0 Å². The van der Waals surface area contributed by atoms with E-state index in [0.29, 0.717) is 6.04 Å². The van der Waals surface area contributed by atoms with Crippen LogP contribution >= 0.6 is 0 Å². The van der Waals surface area contributed by atoms with Crippen molar-refractivity contribution in [2.45, 2.75) is 32.9 Å². The first kappa shape index (κ1) is 18.0. The molecule has 2 aromatic rings. The summed E-state index contributed by atoms with van der Waals surface area (Å²) in [5.41, 5.74) is 3.41. The summed E-state index contributed by atoms with van der Waals surface area (Å²) in [5, 5.41) is 3.56. The third kappa shape index (κ3) is 5.08. The predicted octanol–water partition coefficient (Wildman–Crippen LogP) is 2.65. The van der Waals surface area contributed by atoms with E-state index < -0.39 is 0 Å². The average molecular weight is 340 g/mol. The third-order valence-electron chi connectivity index (χ3n) is 4.72. The second-order valence-electron chi connectivity index (χ2n) is 6.63. The Labute approximate surface area is 150 Å². The van der Waals surface area contributed by atoms with Gasteiger partial charge in [-0.3, -0.25) is 4.90 Å². The van der Waals surface area contributed by atoms with Crippen molar-refractivity contribution in [1.82, 2.24) is 20.2 Å². The molecule has 0 spiro atoms. The second kappa shape index (κ2) is 9.04. The zero-order valence-electron chi connectivity index (χ0n) is 15.2. The van der Waals surface area contributed by atoms with E-state index in [9.17, 15) is 0 Å². The molecule has 0 saturated carbocycles. The zero-order chi connectivity index (χ0) is 17.5. The Morgan fingerprint density at radius 3 is 2.64 bits per heavy atom. The van der Waals surface area contributed by atoms with Crippen molar-refractivity contribution in [3.8, 4) is 11.4 Å². The lowest BCUT2D eigenvalue weighted by molar-refractivity contribution is 0.0158. The molecule has 1 N–H and O–H groups in total. The first-order valence-electron chi connectivity index (χ1n) is 9.16. The molecule has 5 heteroatoms. The summed E-state index contributed by atoms with van der Waals surface area (Å²) in [7, 11) is 0. The summed E-state index contributed by atoms with van der Waals surface area (Å²) in [6.07, 6.45) is 5.00. The van der Waals surface area contributed by atoms with Crippen LogP contribution < -0.4 is 5.32 Å². The zero-order valence-corrected chi connectivity index (χ0v) is 15.2. The second-order valence-corrected chi connectivity index (χ2v) is 6.63. The number of aromatic nitrogens is 2. The van der Waals surface area contributed by atoms with Crippen molar-refractivity contribution in [2.75, 3.05) is 32.8 Å². The number of hydrogen-bond acceptors (Lipinski definition) is 5. The molecule has 0 aliphatic carbocycles. The molecule has 1 aromatic carbocycles. The van der Waals surface area contributed by atoms with Gasteiger partial charge in [0.2, 0.25) is 0 Å². The molecule has 1 saturated heterocycles. The van der Waals surface area contributed by atoms with Gasteiger partial charge < -0.3 is 10.1 Å². The van der Waals surface area contributed by atoms with Gasteiger partial charge in [0.15, 0.2) is 5.82 Å². The minimum absolute atomic E-state index is 0.566. The molecule has 0 amide bonds. The molecular weight excluding hydrogens is 312 g/mol. The molecule has 1 aliphatic rings. The van der Waals surface area contributed by atoms with E-state index in [4.69, 9.17) is 4.74 Å². The predicted molar refractivity (Wildman–Crippen MR) is 100 cm³/mol. The Morgan fingerprint density at radius 2 is 1.96 bits per heavy atom. The van der Waals surface area contributed by atoms with Gasteiger partial charge in [-0.15, -0.1) is 0 Å². The standard InChI is InChI=1S/C20H28N4O/c1-3-19(24-7-9-25-10-8-24)15-21-12-17-13-22-20(23-14-17)18-6-4-5-16(2)11-18/h4-6,11,13-14,19,21H,3,7-10,12,15H2,1-2H3/t19-/m0/s1. The van der Waals surface area contributed by atoms with E-state index in [1.165, 1.54) is 5.56 Å². The van der Waals surface area contributed by atoms with Crippen molar-refractivity contribution in [2.24, 2.45) is 0 Å². The maximum Gasteiger partial charge on any atom is 0.159 e. The Morgan fingerprint density at radius 1 is 1.20 bits per heavy atom. The lowest BCUT2D eigenvalue weighted by Crippen LogP contribution is -2.47. The maximum absolute atomic E-state index is 5.44. The van der Waals surface area contributed by atoms with Gasteiger partial charge in [-0.2, -0.15) is 0 Å². The molecule has 1 atom stereocenters. The van der Waals surface area contributed by atoms with E-state index in [2.05, 4.69) is 52.2 Å². The number of benzene rings is 1. The summed E-state index contributed by atoms with van der Waals surface area (Å²) >= 11 is 0. The molecule has 5 nitrogen and oxygen atoms in total. The molecule has 1 aliphatic heterocycles. The van der Waals surface area contributed by atoms with Crippen LogP contribution in [0.5, 0.6) is 0 Å². The van der Waals surface area contributed by atoms with Gasteiger partial charge >= 0.3 is 0 Å². The van der Waals surface area contributed by atoms with E-state index in [-0.39, 0.29) is 0 Å². The van der Waals surface area contributed by atoms with Gasteiger partial charge in [-0.05, 0) is 19.4 Å². The fourth-order valence-electron chi connectivity index (χ4n) is 3.24. The summed E-state index contributed by atoms with van der Waals surface area (Å²) in [6, 6.07) is 8.85. The Kier molecular flexibility index (Phi) is 6.50. The Bertz CT molecular complexity index is 653. The highest BCUT2D eigenvalue weighted by atomic mass is 16.5. The smallest absolute Gasteiger partial charge is 0.159 e. The van der Waals surface area contributed by atoms with Crippen LogP contribution in [0.2, 0.25) is 0 Å². The van der Waals surface area contributed by atoms with Gasteiger partial charge in [0, 0.05) is 55.7 Å². The van der Waals surface area contributed by atoms with Crippen LogP contribution in [0.4, 0.5) is 0 Å². The van der Waals surface area contributed by atoms with Crippen molar-refractivity contribution in [1.29, 1.82) is 0 Å². The Balaban J connectivity index is 1.51. The van der Waals surface area contributed by atoms with Crippen molar-refractivity contribution >= 4 is 0 Å². The van der Waals surface area contributed by atoms with Gasteiger partial charge in [0.05, 0.1) is 13.2 Å². The number of nitrogens with zero attached hydrogens (tertiary/aromatic N) is 3. The molecule has 1 fully saturated rings. The van der Waals surface area contributed by atoms with Crippen LogP contribution in [0.25, 0.3) is 11.4 Å². The Hall–Kier alpha value is -1.82. The van der Waals surface area contributed by atoms with Crippen LogP contribution in [0.1, 0.15) is 24.5 Å². The highest BCUT2D eigenvalue weighted by Crippen LogP contribution is 2.15. The number of aryl methyl sites for hydroxylation is 1. The number of nitrogens with one attached hydrogen (secondary N) is 1. The van der Waals surface area contributed by atoms with E-state index in [1.807, 2.05) is 18.5 Å². The normalized spacial score (nSPS) is 16.7. The summed E-state index contributed by atoms with van der Waals surface area (Å²) in [4.78, 5) is 11.6. The first-order chi connectivity index (χ1) is 12.3. The van der Waals surface area contributed by atoms with Crippen molar-refractivity contribution in [3.63, 3.8) is 0 Å². The monoisotopic (exact) mass is 340 g/mol. The third-order valence-corrected chi connectivity index (χ3v) is 4.72. The van der Waals surface area contributed by atoms with Crippen LogP contribution in [0.3, 0.4) is 0 Å². The number of ether oxygens (including phenoxy) is 1. The van der Waals surface area contributed by atoms with Crippen LogP contribution in [-0.4, -0.2) is 53.8 Å². The first-order valence-corrected chi connectivity index (χ1v) is 9.16. The highest BCUT2D eigenvalue weighted by molar-refractivity contribution is 5.55. The SMILES string of the molecule is CC[C@@H](CNCc1cnc(-c2cccc(C)c2)nc1)N1CCOCC1.